The normalized spacial score (nSPS) is 19.1. The Morgan fingerprint density at radius 2 is 1.79 bits per heavy atom. The number of anilines is 1. The van der Waals surface area contributed by atoms with Crippen molar-refractivity contribution in [3.63, 3.8) is 0 Å². The average Bonchev–Trinajstić information content (AvgIpc) is 2.47. The number of hydrogen-bond acceptors (Lipinski definition) is 2. The van der Waals surface area contributed by atoms with Gasteiger partial charge in [0.05, 0.1) is 0 Å². The standard InChI is InChI=1S/C15H18F5N3O/c16-14(17)7-5-10(6-8-14)9-22-13(21)23-11-1-3-12(4-2-11)24-15(18,19)20/h1-4,10H,5-9H2,(H3,21,22,23). The van der Waals surface area contributed by atoms with Crippen molar-refractivity contribution < 1.29 is 26.7 Å². The predicted molar refractivity (Wildman–Crippen MR) is 80.1 cm³/mol. The van der Waals surface area contributed by atoms with Gasteiger partial charge in [-0.25, -0.2) is 8.78 Å². The zero-order valence-electron chi connectivity index (χ0n) is 12.7. The molecule has 2 rings (SSSR count). The maximum Gasteiger partial charge on any atom is 0.573 e. The van der Waals surface area contributed by atoms with Crippen molar-refractivity contribution in [2.45, 2.75) is 38.0 Å². The number of hydrogen-bond donors (Lipinski definition) is 2. The zero-order chi connectivity index (χ0) is 17.8. The largest absolute Gasteiger partial charge is 0.573 e. The SMILES string of the molecule is NC(=NCC1CCC(F)(F)CC1)Nc1ccc(OC(F)(F)F)cc1. The number of nitrogens with two attached hydrogens (primary N) is 1. The third-order valence-electron chi connectivity index (χ3n) is 3.72. The van der Waals surface area contributed by atoms with Crippen LogP contribution in [0, 0.1) is 5.92 Å². The van der Waals surface area contributed by atoms with Crippen molar-refractivity contribution in [2.75, 3.05) is 11.9 Å². The lowest BCUT2D eigenvalue weighted by molar-refractivity contribution is -0.274. The second-order valence-corrected chi connectivity index (χ2v) is 5.72. The van der Waals surface area contributed by atoms with Crippen molar-refractivity contribution in [2.24, 2.45) is 16.6 Å². The smallest absolute Gasteiger partial charge is 0.406 e. The first-order valence-corrected chi connectivity index (χ1v) is 7.43. The number of guanidine groups is 1. The molecule has 0 atom stereocenters. The summed E-state index contributed by atoms with van der Waals surface area (Å²) >= 11 is 0. The highest BCUT2D eigenvalue weighted by atomic mass is 19.4. The Balaban J connectivity index is 1.82. The fourth-order valence-corrected chi connectivity index (χ4v) is 2.44. The molecule has 134 valence electrons. The van der Waals surface area contributed by atoms with Crippen LogP contribution >= 0.6 is 0 Å². The monoisotopic (exact) mass is 351 g/mol. The van der Waals surface area contributed by atoms with Gasteiger partial charge in [0.1, 0.15) is 5.75 Å². The summed E-state index contributed by atoms with van der Waals surface area (Å²) in [5.74, 6) is -2.78. The first kappa shape index (κ1) is 18.3. The highest BCUT2D eigenvalue weighted by molar-refractivity contribution is 5.92. The van der Waals surface area contributed by atoms with E-state index in [1.54, 1.807) is 0 Å². The van der Waals surface area contributed by atoms with E-state index in [0.29, 0.717) is 25.1 Å². The quantitative estimate of drug-likeness (QED) is 0.487. The van der Waals surface area contributed by atoms with Crippen LogP contribution in [0.1, 0.15) is 25.7 Å². The van der Waals surface area contributed by atoms with Gasteiger partial charge in [-0.3, -0.25) is 4.99 Å². The maximum absolute atomic E-state index is 13.0. The lowest BCUT2D eigenvalue weighted by Crippen LogP contribution is -2.28. The van der Waals surface area contributed by atoms with E-state index < -0.39 is 12.3 Å². The van der Waals surface area contributed by atoms with Gasteiger partial charge >= 0.3 is 6.36 Å². The van der Waals surface area contributed by atoms with Crippen LogP contribution in [0.25, 0.3) is 0 Å². The minimum Gasteiger partial charge on any atom is -0.406 e. The number of aliphatic imine (C=N–C) groups is 1. The van der Waals surface area contributed by atoms with E-state index >= 15 is 0 Å². The molecule has 1 aromatic carbocycles. The second-order valence-electron chi connectivity index (χ2n) is 5.72. The van der Waals surface area contributed by atoms with Crippen LogP contribution in [0.15, 0.2) is 29.3 Å². The van der Waals surface area contributed by atoms with Crippen molar-refractivity contribution in [3.05, 3.63) is 24.3 Å². The number of nitrogens with zero attached hydrogens (tertiary/aromatic N) is 1. The number of nitrogens with one attached hydrogen (secondary N) is 1. The van der Waals surface area contributed by atoms with Crippen LogP contribution in [0.4, 0.5) is 27.6 Å². The molecule has 0 amide bonds. The summed E-state index contributed by atoms with van der Waals surface area (Å²) in [6.07, 6.45) is -4.23. The summed E-state index contributed by atoms with van der Waals surface area (Å²) in [4.78, 5) is 4.10. The molecule has 1 aromatic rings. The van der Waals surface area contributed by atoms with Crippen LogP contribution in [-0.4, -0.2) is 24.8 Å². The molecule has 0 radical (unpaired) electrons. The van der Waals surface area contributed by atoms with Crippen molar-refractivity contribution in [3.8, 4) is 5.75 Å². The summed E-state index contributed by atoms with van der Waals surface area (Å²) in [5, 5.41) is 2.73. The molecule has 0 bridgehead atoms. The Hall–Kier alpha value is -2.06. The molecule has 0 heterocycles. The molecule has 3 N–H and O–H groups in total. The van der Waals surface area contributed by atoms with Gasteiger partial charge in [0.15, 0.2) is 5.96 Å². The summed E-state index contributed by atoms with van der Waals surface area (Å²) in [6, 6.07) is 5.02. The molecule has 24 heavy (non-hydrogen) atoms. The highest BCUT2D eigenvalue weighted by Crippen LogP contribution is 2.36. The van der Waals surface area contributed by atoms with Crippen LogP contribution in [0.5, 0.6) is 5.75 Å². The lowest BCUT2D eigenvalue weighted by atomic mass is 9.87. The Morgan fingerprint density at radius 3 is 2.33 bits per heavy atom. The summed E-state index contributed by atoms with van der Waals surface area (Å²) in [6.45, 7) is 0.337. The molecular formula is C15H18F5N3O. The van der Waals surface area contributed by atoms with Gasteiger partial charge in [-0.05, 0) is 43.0 Å². The molecule has 4 nitrogen and oxygen atoms in total. The third kappa shape index (κ3) is 6.21. The third-order valence-corrected chi connectivity index (χ3v) is 3.72. The Kier molecular flexibility index (Phi) is 5.51. The molecule has 1 fully saturated rings. The van der Waals surface area contributed by atoms with Gasteiger partial charge in [-0.2, -0.15) is 0 Å². The molecule has 9 heteroatoms. The second kappa shape index (κ2) is 7.23. The van der Waals surface area contributed by atoms with Gasteiger partial charge in [0, 0.05) is 25.1 Å². The molecule has 1 aliphatic rings. The fourth-order valence-electron chi connectivity index (χ4n) is 2.44. The van der Waals surface area contributed by atoms with Crippen LogP contribution < -0.4 is 15.8 Å². The topological polar surface area (TPSA) is 59.6 Å². The molecule has 1 saturated carbocycles. The van der Waals surface area contributed by atoms with E-state index in [9.17, 15) is 22.0 Å². The molecule has 0 unspecified atom stereocenters. The minimum absolute atomic E-state index is 0.0625. The highest BCUT2D eigenvalue weighted by Gasteiger charge is 2.34. The maximum atomic E-state index is 13.0. The Morgan fingerprint density at radius 1 is 1.21 bits per heavy atom. The van der Waals surface area contributed by atoms with Crippen molar-refractivity contribution in [1.29, 1.82) is 0 Å². The van der Waals surface area contributed by atoms with E-state index in [-0.39, 0.29) is 30.5 Å². The van der Waals surface area contributed by atoms with E-state index in [0.717, 1.165) is 12.1 Å². The molecule has 0 aromatic heterocycles. The number of benzene rings is 1. The molecule has 1 aliphatic carbocycles. The van der Waals surface area contributed by atoms with E-state index in [1.807, 2.05) is 0 Å². The van der Waals surface area contributed by atoms with E-state index in [4.69, 9.17) is 5.73 Å². The average molecular weight is 351 g/mol. The number of ether oxygens (including phenoxy) is 1. The minimum atomic E-state index is -4.74. The predicted octanol–water partition coefficient (Wildman–Crippen LogP) is 4.14. The van der Waals surface area contributed by atoms with Crippen molar-refractivity contribution >= 4 is 11.6 Å². The first-order chi connectivity index (χ1) is 11.1. The van der Waals surface area contributed by atoms with Gasteiger partial charge < -0.3 is 15.8 Å². The van der Waals surface area contributed by atoms with Crippen LogP contribution in [0.3, 0.4) is 0 Å². The van der Waals surface area contributed by atoms with E-state index in [1.165, 1.54) is 12.1 Å². The Bertz CT molecular complexity index is 561. The molecule has 0 spiro atoms. The van der Waals surface area contributed by atoms with Gasteiger partial charge in [-0.15, -0.1) is 13.2 Å². The number of rotatable bonds is 4. The number of halogens is 5. The van der Waals surface area contributed by atoms with Crippen LogP contribution in [-0.2, 0) is 0 Å². The first-order valence-electron chi connectivity index (χ1n) is 7.43. The summed E-state index contributed by atoms with van der Waals surface area (Å²) < 4.78 is 66.0. The van der Waals surface area contributed by atoms with Crippen molar-refractivity contribution in [1.82, 2.24) is 0 Å². The Labute approximate surface area is 135 Å². The van der Waals surface area contributed by atoms with Gasteiger partial charge in [0.25, 0.3) is 0 Å². The summed E-state index contributed by atoms with van der Waals surface area (Å²) in [7, 11) is 0. The summed E-state index contributed by atoms with van der Waals surface area (Å²) in [5.41, 5.74) is 6.14. The van der Waals surface area contributed by atoms with Crippen LogP contribution in [0.2, 0.25) is 0 Å². The molecular weight excluding hydrogens is 333 g/mol. The number of alkyl halides is 5. The molecule has 0 aliphatic heterocycles. The fraction of sp³-hybridized carbons (Fsp3) is 0.533. The van der Waals surface area contributed by atoms with Gasteiger partial charge in [-0.1, -0.05) is 0 Å². The van der Waals surface area contributed by atoms with Gasteiger partial charge in [0.2, 0.25) is 5.92 Å². The van der Waals surface area contributed by atoms with E-state index in [2.05, 4.69) is 15.0 Å². The zero-order valence-corrected chi connectivity index (χ0v) is 12.7. The lowest BCUT2D eigenvalue weighted by Gasteiger charge is -2.27. The molecule has 0 saturated heterocycles.